The van der Waals surface area contributed by atoms with E-state index in [0.717, 1.165) is 4.47 Å². The molecule has 15 heavy (non-hydrogen) atoms. The summed E-state index contributed by atoms with van der Waals surface area (Å²) in [6.07, 6.45) is 3.29. The lowest BCUT2D eigenvalue weighted by molar-refractivity contribution is 0.598. The zero-order valence-electron chi connectivity index (χ0n) is 7.62. The summed E-state index contributed by atoms with van der Waals surface area (Å²) in [5.74, 6) is -0.255. The SMILES string of the molecule is Fc1cc(Br)ccc1Cn1ccnc1Cl. The van der Waals surface area contributed by atoms with Crippen LogP contribution >= 0.6 is 27.5 Å². The first kappa shape index (κ1) is 10.6. The summed E-state index contributed by atoms with van der Waals surface area (Å²) in [7, 11) is 0. The van der Waals surface area contributed by atoms with E-state index in [1.54, 1.807) is 29.1 Å². The number of hydrogen-bond acceptors (Lipinski definition) is 1. The molecule has 1 aromatic heterocycles. The van der Waals surface area contributed by atoms with Crippen molar-refractivity contribution in [2.75, 3.05) is 0 Å². The molecule has 0 saturated carbocycles. The van der Waals surface area contributed by atoms with Gasteiger partial charge in [0.15, 0.2) is 0 Å². The summed E-state index contributed by atoms with van der Waals surface area (Å²) in [6.45, 7) is 0.387. The van der Waals surface area contributed by atoms with Crippen LogP contribution in [0.3, 0.4) is 0 Å². The van der Waals surface area contributed by atoms with Crippen molar-refractivity contribution in [2.24, 2.45) is 0 Å². The van der Waals surface area contributed by atoms with E-state index in [1.807, 2.05) is 0 Å². The maximum absolute atomic E-state index is 13.5. The summed E-state index contributed by atoms with van der Waals surface area (Å²) >= 11 is 9.00. The smallest absolute Gasteiger partial charge is 0.202 e. The zero-order chi connectivity index (χ0) is 10.8. The van der Waals surface area contributed by atoms with E-state index < -0.39 is 0 Å². The first-order valence-electron chi connectivity index (χ1n) is 4.27. The van der Waals surface area contributed by atoms with Crippen LogP contribution in [0.15, 0.2) is 35.1 Å². The van der Waals surface area contributed by atoms with E-state index in [0.29, 0.717) is 17.4 Å². The molecule has 0 N–H and O–H groups in total. The van der Waals surface area contributed by atoms with Crippen LogP contribution in [0, 0.1) is 5.82 Å². The maximum Gasteiger partial charge on any atom is 0.202 e. The van der Waals surface area contributed by atoms with Crippen molar-refractivity contribution in [3.05, 3.63) is 51.7 Å². The van der Waals surface area contributed by atoms with Gasteiger partial charge in [-0.05, 0) is 23.7 Å². The molecule has 0 atom stereocenters. The van der Waals surface area contributed by atoms with Crippen molar-refractivity contribution in [3.63, 3.8) is 0 Å². The average molecular weight is 290 g/mol. The lowest BCUT2D eigenvalue weighted by Crippen LogP contribution is -2.00. The molecule has 0 amide bonds. The molecule has 2 aromatic rings. The Kier molecular flexibility index (Phi) is 3.07. The molecule has 78 valence electrons. The number of nitrogens with zero attached hydrogens (tertiary/aromatic N) is 2. The minimum atomic E-state index is -0.255. The summed E-state index contributed by atoms with van der Waals surface area (Å²) in [4.78, 5) is 3.86. The number of aromatic nitrogens is 2. The second-order valence-corrected chi connectivity index (χ2v) is 4.31. The molecular weight excluding hydrogens is 282 g/mol. The molecule has 0 fully saturated rings. The lowest BCUT2D eigenvalue weighted by Gasteiger charge is -2.05. The van der Waals surface area contributed by atoms with Gasteiger partial charge in [-0.2, -0.15) is 0 Å². The highest BCUT2D eigenvalue weighted by atomic mass is 79.9. The Bertz CT molecular complexity index is 484. The molecule has 0 saturated heterocycles. The van der Waals surface area contributed by atoms with Gasteiger partial charge in [0.25, 0.3) is 0 Å². The molecule has 0 unspecified atom stereocenters. The molecule has 2 nitrogen and oxygen atoms in total. The third-order valence-electron chi connectivity index (χ3n) is 2.02. The number of benzene rings is 1. The monoisotopic (exact) mass is 288 g/mol. The van der Waals surface area contributed by atoms with Crippen molar-refractivity contribution in [3.8, 4) is 0 Å². The van der Waals surface area contributed by atoms with Gasteiger partial charge in [-0.3, -0.25) is 0 Å². The molecule has 0 aliphatic carbocycles. The lowest BCUT2D eigenvalue weighted by atomic mass is 10.2. The third kappa shape index (κ3) is 2.38. The summed E-state index contributed by atoms with van der Waals surface area (Å²) < 4.78 is 15.9. The Hall–Kier alpha value is -0.870. The standard InChI is InChI=1S/C10H7BrClFN2/c11-8-2-1-7(9(13)5-8)6-15-4-3-14-10(15)12/h1-5H,6H2. The predicted molar refractivity (Wildman–Crippen MR) is 60.4 cm³/mol. The van der Waals surface area contributed by atoms with Gasteiger partial charge in [0.05, 0.1) is 6.54 Å². The molecular formula is C10H7BrClFN2. The second-order valence-electron chi connectivity index (χ2n) is 3.06. The highest BCUT2D eigenvalue weighted by molar-refractivity contribution is 9.10. The van der Waals surface area contributed by atoms with E-state index in [4.69, 9.17) is 11.6 Å². The van der Waals surface area contributed by atoms with Crippen LogP contribution in [-0.4, -0.2) is 9.55 Å². The largest absolute Gasteiger partial charge is 0.317 e. The molecule has 0 aliphatic heterocycles. The highest BCUT2D eigenvalue weighted by Gasteiger charge is 2.05. The van der Waals surface area contributed by atoms with E-state index in [-0.39, 0.29) is 5.82 Å². The van der Waals surface area contributed by atoms with Gasteiger partial charge < -0.3 is 4.57 Å². The van der Waals surface area contributed by atoms with Crippen molar-refractivity contribution in [1.82, 2.24) is 9.55 Å². The molecule has 2 rings (SSSR count). The molecule has 0 bridgehead atoms. The minimum Gasteiger partial charge on any atom is -0.317 e. The van der Waals surface area contributed by atoms with E-state index >= 15 is 0 Å². The van der Waals surface area contributed by atoms with Gasteiger partial charge in [-0.25, -0.2) is 9.37 Å². The van der Waals surface area contributed by atoms with Gasteiger partial charge in [-0.15, -0.1) is 0 Å². The summed E-state index contributed by atoms with van der Waals surface area (Å²) in [6, 6.07) is 4.94. The Labute approximate surface area is 99.8 Å². The van der Waals surface area contributed by atoms with Crippen LogP contribution in [-0.2, 0) is 6.54 Å². The van der Waals surface area contributed by atoms with Gasteiger partial charge >= 0.3 is 0 Å². The van der Waals surface area contributed by atoms with Crippen molar-refractivity contribution >= 4 is 27.5 Å². The normalized spacial score (nSPS) is 10.6. The Morgan fingerprint density at radius 2 is 2.27 bits per heavy atom. The molecule has 0 aliphatic rings. The first-order chi connectivity index (χ1) is 7.16. The third-order valence-corrected chi connectivity index (χ3v) is 2.83. The van der Waals surface area contributed by atoms with Crippen LogP contribution in [0.1, 0.15) is 5.56 Å². The van der Waals surface area contributed by atoms with Crippen LogP contribution < -0.4 is 0 Å². The molecule has 5 heteroatoms. The van der Waals surface area contributed by atoms with Crippen LogP contribution in [0.2, 0.25) is 5.28 Å². The number of imidazole rings is 1. The summed E-state index contributed by atoms with van der Waals surface area (Å²) in [5, 5.41) is 0.359. The summed E-state index contributed by atoms with van der Waals surface area (Å²) in [5.41, 5.74) is 0.582. The van der Waals surface area contributed by atoms with Gasteiger partial charge in [0, 0.05) is 22.4 Å². The molecule has 1 heterocycles. The Morgan fingerprint density at radius 3 is 2.87 bits per heavy atom. The fraction of sp³-hybridized carbons (Fsp3) is 0.100. The number of halogens is 3. The number of rotatable bonds is 2. The van der Waals surface area contributed by atoms with E-state index in [1.165, 1.54) is 6.07 Å². The van der Waals surface area contributed by atoms with Gasteiger partial charge in [-0.1, -0.05) is 22.0 Å². The second kappa shape index (κ2) is 4.33. The topological polar surface area (TPSA) is 17.8 Å². The van der Waals surface area contributed by atoms with Crippen molar-refractivity contribution < 1.29 is 4.39 Å². The van der Waals surface area contributed by atoms with E-state index in [2.05, 4.69) is 20.9 Å². The Balaban J connectivity index is 2.29. The molecule has 1 aromatic carbocycles. The maximum atomic E-state index is 13.5. The highest BCUT2D eigenvalue weighted by Crippen LogP contribution is 2.17. The van der Waals surface area contributed by atoms with Gasteiger partial charge in [0.2, 0.25) is 5.28 Å². The predicted octanol–water partition coefficient (Wildman–Crippen LogP) is 3.49. The van der Waals surface area contributed by atoms with Crippen LogP contribution in [0.5, 0.6) is 0 Å². The first-order valence-corrected chi connectivity index (χ1v) is 5.44. The van der Waals surface area contributed by atoms with Crippen molar-refractivity contribution in [1.29, 1.82) is 0 Å². The van der Waals surface area contributed by atoms with Gasteiger partial charge in [0.1, 0.15) is 5.82 Å². The fourth-order valence-corrected chi connectivity index (χ4v) is 1.77. The minimum absolute atomic E-state index is 0.255. The molecule has 0 spiro atoms. The van der Waals surface area contributed by atoms with Crippen molar-refractivity contribution in [2.45, 2.75) is 6.54 Å². The fourth-order valence-electron chi connectivity index (χ4n) is 1.26. The van der Waals surface area contributed by atoms with E-state index in [9.17, 15) is 4.39 Å². The quantitative estimate of drug-likeness (QED) is 0.827. The zero-order valence-corrected chi connectivity index (χ0v) is 9.96. The number of hydrogen-bond donors (Lipinski definition) is 0. The van der Waals surface area contributed by atoms with Crippen LogP contribution in [0.25, 0.3) is 0 Å². The average Bonchev–Trinajstić information content (AvgIpc) is 2.57. The van der Waals surface area contributed by atoms with Crippen LogP contribution in [0.4, 0.5) is 4.39 Å². The molecule has 0 radical (unpaired) electrons. The Morgan fingerprint density at radius 1 is 1.47 bits per heavy atom.